The Kier molecular flexibility index (Phi) is 7.59. The molecule has 0 amide bonds. The third-order valence-corrected chi connectivity index (χ3v) is 3.30. The van der Waals surface area contributed by atoms with Gasteiger partial charge in [-0.2, -0.15) is 0 Å². The van der Waals surface area contributed by atoms with Gasteiger partial charge in [-0.3, -0.25) is 0 Å². The van der Waals surface area contributed by atoms with Crippen molar-refractivity contribution in [3.05, 3.63) is 23.8 Å². The van der Waals surface area contributed by atoms with Crippen LogP contribution in [-0.4, -0.2) is 26.3 Å². The molecule has 0 saturated carbocycles. The van der Waals surface area contributed by atoms with Crippen molar-refractivity contribution in [1.82, 2.24) is 0 Å². The van der Waals surface area contributed by atoms with Crippen molar-refractivity contribution >= 4 is 12.4 Å². The monoisotopic (exact) mass is 312 g/mol. The van der Waals surface area contributed by atoms with Crippen LogP contribution >= 0.6 is 0 Å². The van der Waals surface area contributed by atoms with Gasteiger partial charge in [0.2, 0.25) is 0 Å². The van der Waals surface area contributed by atoms with E-state index in [4.69, 9.17) is 9.47 Å². The fraction of sp³-hybridized carbons (Fsp3) is 0.538. The maximum atomic E-state index is 12.7. The molecule has 0 N–H and O–H groups in total. The maximum absolute atomic E-state index is 12.7. The molecule has 7 heteroatoms. The molecule has 1 aromatic rings. The molecule has 2 rings (SSSR count). The topological polar surface area (TPSA) is 18.5 Å². The standard InChI is InChI=1S/C13H17BF3O2.K/c1-10-8-11(5-6-13(10)14(15,16)17)19-9-12-4-2-3-7-18-12;/h5-6,8,12H,2-4,7,9H2,1H3;/q-1;+1. The van der Waals surface area contributed by atoms with Crippen LogP contribution in [0.4, 0.5) is 12.9 Å². The van der Waals surface area contributed by atoms with Crippen molar-refractivity contribution in [3.8, 4) is 5.75 Å². The Bertz CT molecular complexity index is 434. The zero-order valence-electron chi connectivity index (χ0n) is 11.9. The van der Waals surface area contributed by atoms with Crippen LogP contribution in [0.25, 0.3) is 0 Å². The summed E-state index contributed by atoms with van der Waals surface area (Å²) in [6.07, 6.45) is 3.18. The number of ether oxygens (including phenoxy) is 2. The molecule has 1 aliphatic rings. The third kappa shape index (κ3) is 5.35. The molecule has 1 atom stereocenters. The van der Waals surface area contributed by atoms with Crippen molar-refractivity contribution in [1.29, 1.82) is 0 Å². The molecule has 0 aliphatic carbocycles. The van der Waals surface area contributed by atoms with Crippen LogP contribution in [0, 0.1) is 6.92 Å². The summed E-state index contributed by atoms with van der Waals surface area (Å²) in [5.74, 6) is 0.468. The Morgan fingerprint density at radius 1 is 1.30 bits per heavy atom. The van der Waals surface area contributed by atoms with Gasteiger partial charge >= 0.3 is 58.4 Å². The molecule has 1 heterocycles. The van der Waals surface area contributed by atoms with E-state index in [9.17, 15) is 12.9 Å². The molecule has 0 radical (unpaired) electrons. The Labute approximate surface area is 159 Å². The van der Waals surface area contributed by atoms with Crippen LogP contribution in [0.15, 0.2) is 18.2 Å². The first-order chi connectivity index (χ1) is 8.97. The quantitative estimate of drug-likeness (QED) is 0.729. The van der Waals surface area contributed by atoms with E-state index in [1.807, 2.05) is 0 Å². The molecule has 2 nitrogen and oxygen atoms in total. The number of rotatable bonds is 4. The van der Waals surface area contributed by atoms with Crippen LogP contribution in [0.1, 0.15) is 24.8 Å². The SMILES string of the molecule is Cc1cc(OCC2CCCCO2)ccc1[B-](F)(F)F.[K+]. The summed E-state index contributed by atoms with van der Waals surface area (Å²) in [6, 6.07) is 3.90. The Morgan fingerprint density at radius 2 is 2.05 bits per heavy atom. The van der Waals surface area contributed by atoms with Gasteiger partial charge in [0.1, 0.15) is 12.4 Å². The van der Waals surface area contributed by atoms with Crippen molar-refractivity contribution in [3.63, 3.8) is 0 Å². The van der Waals surface area contributed by atoms with Gasteiger partial charge in [-0.05, 0) is 38.3 Å². The molecule has 1 aromatic carbocycles. The molecular formula is C13H17BF3KO2. The fourth-order valence-electron chi connectivity index (χ4n) is 2.23. The molecular weight excluding hydrogens is 295 g/mol. The van der Waals surface area contributed by atoms with Gasteiger partial charge in [-0.1, -0.05) is 11.6 Å². The second-order valence-corrected chi connectivity index (χ2v) is 4.89. The number of hydrogen-bond acceptors (Lipinski definition) is 2. The molecule has 1 fully saturated rings. The van der Waals surface area contributed by atoms with Crippen molar-refractivity contribution in [2.24, 2.45) is 0 Å². The summed E-state index contributed by atoms with van der Waals surface area (Å²) in [5.41, 5.74) is -0.351. The summed E-state index contributed by atoms with van der Waals surface area (Å²) in [7, 11) is 0. The molecule has 1 saturated heterocycles. The van der Waals surface area contributed by atoms with E-state index < -0.39 is 12.4 Å². The normalized spacial score (nSPS) is 19.3. The minimum absolute atomic E-state index is 0. The van der Waals surface area contributed by atoms with Gasteiger partial charge < -0.3 is 22.4 Å². The molecule has 0 aromatic heterocycles. The first-order valence-corrected chi connectivity index (χ1v) is 6.52. The smallest absolute Gasteiger partial charge is 0.491 e. The van der Waals surface area contributed by atoms with Crippen LogP contribution in [0.5, 0.6) is 5.75 Å². The Morgan fingerprint density at radius 3 is 2.60 bits per heavy atom. The van der Waals surface area contributed by atoms with E-state index in [-0.39, 0.29) is 63.1 Å². The molecule has 106 valence electrons. The third-order valence-electron chi connectivity index (χ3n) is 3.30. The van der Waals surface area contributed by atoms with Crippen LogP contribution in [0.3, 0.4) is 0 Å². The van der Waals surface area contributed by atoms with Crippen LogP contribution in [0.2, 0.25) is 0 Å². The summed E-state index contributed by atoms with van der Waals surface area (Å²) in [4.78, 5) is 0. The zero-order valence-corrected chi connectivity index (χ0v) is 15.0. The fourth-order valence-corrected chi connectivity index (χ4v) is 2.23. The van der Waals surface area contributed by atoms with E-state index in [1.165, 1.54) is 19.1 Å². The summed E-state index contributed by atoms with van der Waals surface area (Å²) >= 11 is 0. The zero-order chi connectivity index (χ0) is 13.9. The minimum atomic E-state index is -4.95. The van der Waals surface area contributed by atoms with Crippen LogP contribution < -0.4 is 61.6 Å². The number of benzene rings is 1. The van der Waals surface area contributed by atoms with Crippen molar-refractivity contribution in [2.45, 2.75) is 32.3 Å². The molecule has 1 unspecified atom stereocenters. The van der Waals surface area contributed by atoms with Gasteiger partial charge in [0.15, 0.2) is 0 Å². The van der Waals surface area contributed by atoms with Gasteiger partial charge in [0.25, 0.3) is 0 Å². The molecule has 1 aliphatic heterocycles. The Balaban J connectivity index is 0.00000200. The number of hydrogen-bond donors (Lipinski definition) is 0. The van der Waals surface area contributed by atoms with Gasteiger partial charge in [-0.25, -0.2) is 0 Å². The molecule has 0 spiro atoms. The van der Waals surface area contributed by atoms with E-state index in [2.05, 4.69) is 0 Å². The van der Waals surface area contributed by atoms with Gasteiger partial charge in [0, 0.05) is 6.61 Å². The summed E-state index contributed by atoms with van der Waals surface area (Å²) in [6.45, 7) is -2.36. The molecule has 20 heavy (non-hydrogen) atoms. The number of aryl methyl sites for hydroxylation is 1. The summed E-state index contributed by atoms with van der Waals surface area (Å²) < 4.78 is 49.0. The maximum Gasteiger partial charge on any atom is 1.00 e. The average Bonchev–Trinajstić information content (AvgIpc) is 2.36. The summed E-state index contributed by atoms with van der Waals surface area (Å²) in [5, 5.41) is 0. The average molecular weight is 312 g/mol. The number of halogens is 3. The van der Waals surface area contributed by atoms with Gasteiger partial charge in [-0.15, -0.1) is 5.46 Å². The van der Waals surface area contributed by atoms with E-state index in [0.717, 1.165) is 31.9 Å². The van der Waals surface area contributed by atoms with E-state index in [0.29, 0.717) is 12.4 Å². The minimum Gasteiger partial charge on any atom is -0.491 e. The molecule has 0 bridgehead atoms. The van der Waals surface area contributed by atoms with Gasteiger partial charge in [0.05, 0.1) is 6.10 Å². The van der Waals surface area contributed by atoms with E-state index in [1.54, 1.807) is 0 Å². The first kappa shape index (κ1) is 18.5. The predicted molar refractivity (Wildman–Crippen MR) is 69.0 cm³/mol. The van der Waals surface area contributed by atoms with Crippen molar-refractivity contribution < 1.29 is 73.8 Å². The first-order valence-electron chi connectivity index (χ1n) is 6.52. The Hall–Kier alpha value is 0.471. The largest absolute Gasteiger partial charge is 1.00 e. The van der Waals surface area contributed by atoms with Crippen molar-refractivity contribution in [2.75, 3.05) is 13.2 Å². The second kappa shape index (κ2) is 8.20. The van der Waals surface area contributed by atoms with Crippen LogP contribution in [-0.2, 0) is 4.74 Å². The van der Waals surface area contributed by atoms with E-state index >= 15 is 0 Å². The second-order valence-electron chi connectivity index (χ2n) is 4.89. The predicted octanol–water partition coefficient (Wildman–Crippen LogP) is 0.00132.